The molecule has 0 bridgehead atoms. The van der Waals surface area contributed by atoms with Crippen LogP contribution in [0.25, 0.3) is 0 Å². The van der Waals surface area contributed by atoms with E-state index in [-0.39, 0.29) is 24.2 Å². The van der Waals surface area contributed by atoms with Crippen molar-refractivity contribution in [1.29, 1.82) is 0 Å². The van der Waals surface area contributed by atoms with E-state index < -0.39 is 16.8 Å². The smallest absolute Gasteiger partial charge is 0.433 e. The van der Waals surface area contributed by atoms with Gasteiger partial charge >= 0.3 is 12.0 Å². The van der Waals surface area contributed by atoms with E-state index in [1.54, 1.807) is 13.0 Å². The molecule has 1 fully saturated rings. The Balaban J connectivity index is 1.56. The molecule has 1 aromatic carbocycles. The number of thiocarbonyl (C=S) groups is 1. The SMILES string of the molecule is CC(=S)NC[C@H]1CN(c2ccc(NCCc3ccc([N+](=O)[O-])o3)c(F)c2)C(=O)O1. The highest BCUT2D eigenvalue weighted by molar-refractivity contribution is 7.80. The molecular weight excluding hydrogens is 403 g/mol. The van der Waals surface area contributed by atoms with Crippen molar-refractivity contribution in [3.8, 4) is 0 Å². The van der Waals surface area contributed by atoms with E-state index in [9.17, 15) is 19.3 Å². The molecular formula is C18H19FN4O5S. The molecule has 2 N–H and O–H groups in total. The van der Waals surface area contributed by atoms with Crippen molar-refractivity contribution in [2.24, 2.45) is 0 Å². The number of cyclic esters (lactones) is 1. The quantitative estimate of drug-likeness (QED) is 0.379. The molecule has 3 rings (SSSR count). The Labute approximate surface area is 171 Å². The number of carbonyl (C=O) groups is 1. The minimum absolute atomic E-state index is 0.247. The fraction of sp³-hybridized carbons (Fsp3) is 0.333. The number of furan rings is 1. The number of carbonyl (C=O) groups excluding carboxylic acids is 1. The number of amides is 1. The molecule has 1 amide bonds. The Morgan fingerprint density at radius 2 is 2.21 bits per heavy atom. The van der Waals surface area contributed by atoms with Gasteiger partial charge in [0.1, 0.15) is 22.6 Å². The van der Waals surface area contributed by atoms with Crippen LogP contribution in [0.1, 0.15) is 12.7 Å². The summed E-state index contributed by atoms with van der Waals surface area (Å²) in [7, 11) is 0. The lowest BCUT2D eigenvalue weighted by Gasteiger charge is -2.15. The van der Waals surface area contributed by atoms with Crippen LogP contribution in [0.2, 0.25) is 0 Å². The molecule has 0 unspecified atom stereocenters. The van der Waals surface area contributed by atoms with Gasteiger partial charge in [-0.3, -0.25) is 15.0 Å². The maximum absolute atomic E-state index is 14.4. The van der Waals surface area contributed by atoms with Crippen LogP contribution >= 0.6 is 12.2 Å². The van der Waals surface area contributed by atoms with E-state index in [1.807, 2.05) is 0 Å². The average molecular weight is 422 g/mol. The highest BCUT2D eigenvalue weighted by atomic mass is 32.1. The minimum atomic E-state index is -0.615. The number of anilines is 2. The topological polar surface area (TPSA) is 110 Å². The first-order valence-corrected chi connectivity index (χ1v) is 9.23. The molecule has 1 aliphatic heterocycles. The lowest BCUT2D eigenvalue weighted by molar-refractivity contribution is -0.402. The second kappa shape index (κ2) is 8.86. The van der Waals surface area contributed by atoms with E-state index >= 15 is 0 Å². The maximum atomic E-state index is 14.4. The first-order valence-electron chi connectivity index (χ1n) is 8.82. The van der Waals surface area contributed by atoms with Crippen molar-refractivity contribution >= 4 is 40.6 Å². The molecule has 9 nitrogen and oxygen atoms in total. The van der Waals surface area contributed by atoms with E-state index in [4.69, 9.17) is 21.4 Å². The van der Waals surface area contributed by atoms with Gasteiger partial charge < -0.3 is 19.8 Å². The van der Waals surface area contributed by atoms with Gasteiger partial charge in [0.2, 0.25) is 0 Å². The molecule has 0 spiro atoms. The standard InChI is InChI=1S/C18H19FN4O5S/c1-11(29)21-9-14-10-22(18(24)28-14)12-2-4-16(15(19)8-12)20-7-6-13-3-5-17(27-13)23(25)26/h2-5,8,14,20H,6-7,9-10H2,1H3,(H,21,29)/t14-/m0/s1. The van der Waals surface area contributed by atoms with E-state index in [0.717, 1.165) is 0 Å². The van der Waals surface area contributed by atoms with E-state index in [2.05, 4.69) is 10.6 Å². The molecule has 1 atom stereocenters. The summed E-state index contributed by atoms with van der Waals surface area (Å²) in [6.45, 7) is 2.73. The third-order valence-electron chi connectivity index (χ3n) is 4.23. The summed E-state index contributed by atoms with van der Waals surface area (Å²) >= 11 is 4.93. The average Bonchev–Trinajstić information content (AvgIpc) is 3.28. The Kier molecular flexibility index (Phi) is 6.27. The summed E-state index contributed by atoms with van der Waals surface area (Å²) in [4.78, 5) is 24.0. The maximum Gasteiger partial charge on any atom is 0.433 e. The molecule has 1 saturated heterocycles. The number of ether oxygens (including phenoxy) is 1. The van der Waals surface area contributed by atoms with Gasteiger partial charge in [-0.15, -0.1) is 0 Å². The number of hydrogen-bond acceptors (Lipinski definition) is 7. The normalized spacial score (nSPS) is 15.9. The van der Waals surface area contributed by atoms with Crippen LogP contribution in [0.15, 0.2) is 34.7 Å². The van der Waals surface area contributed by atoms with Crippen molar-refractivity contribution in [2.75, 3.05) is 29.9 Å². The minimum Gasteiger partial charge on any atom is -0.442 e. The summed E-state index contributed by atoms with van der Waals surface area (Å²) in [5.74, 6) is -0.438. The third kappa shape index (κ3) is 5.19. The Hall–Kier alpha value is -3.21. The second-order valence-electron chi connectivity index (χ2n) is 6.39. The molecule has 154 valence electrons. The first-order chi connectivity index (χ1) is 13.8. The number of hydrogen-bond donors (Lipinski definition) is 2. The van der Waals surface area contributed by atoms with Gasteiger partial charge in [-0.1, -0.05) is 12.2 Å². The van der Waals surface area contributed by atoms with Crippen molar-refractivity contribution in [3.05, 3.63) is 52.0 Å². The summed E-state index contributed by atoms with van der Waals surface area (Å²) < 4.78 is 24.7. The number of halogens is 1. The van der Waals surface area contributed by atoms with Crippen molar-refractivity contribution < 1.29 is 23.3 Å². The summed E-state index contributed by atoms with van der Waals surface area (Å²) in [5.41, 5.74) is 0.637. The number of benzene rings is 1. The lowest BCUT2D eigenvalue weighted by Crippen LogP contribution is -2.32. The molecule has 2 heterocycles. The zero-order valence-corrected chi connectivity index (χ0v) is 16.3. The Bertz CT molecular complexity index is 935. The van der Waals surface area contributed by atoms with E-state index in [1.165, 1.54) is 29.2 Å². The Morgan fingerprint density at radius 1 is 1.41 bits per heavy atom. The summed E-state index contributed by atoms with van der Waals surface area (Å²) in [5, 5.41) is 16.5. The number of nitro groups is 1. The van der Waals surface area contributed by atoms with Crippen molar-refractivity contribution in [1.82, 2.24) is 5.32 Å². The van der Waals surface area contributed by atoms with Gasteiger partial charge in [-0.2, -0.15) is 0 Å². The number of nitrogens with zero attached hydrogens (tertiary/aromatic N) is 2. The molecule has 0 saturated carbocycles. The highest BCUT2D eigenvalue weighted by Crippen LogP contribution is 2.26. The van der Waals surface area contributed by atoms with Crippen LogP contribution < -0.4 is 15.5 Å². The largest absolute Gasteiger partial charge is 0.442 e. The summed E-state index contributed by atoms with van der Waals surface area (Å²) in [6.07, 6.45) is -0.571. The van der Waals surface area contributed by atoms with Crippen molar-refractivity contribution in [3.63, 3.8) is 0 Å². The van der Waals surface area contributed by atoms with Crippen LogP contribution in [0.4, 0.5) is 26.4 Å². The molecule has 2 aromatic rings. The van der Waals surface area contributed by atoms with E-state index in [0.29, 0.717) is 35.9 Å². The Morgan fingerprint density at radius 3 is 2.86 bits per heavy atom. The lowest BCUT2D eigenvalue weighted by atomic mass is 10.2. The van der Waals surface area contributed by atoms with Gasteiger partial charge in [0, 0.05) is 13.0 Å². The molecule has 0 aliphatic carbocycles. The third-order valence-corrected chi connectivity index (χ3v) is 4.38. The van der Waals surface area contributed by atoms with Gasteiger partial charge in [0.05, 0.1) is 35.5 Å². The zero-order chi connectivity index (χ0) is 21.0. The van der Waals surface area contributed by atoms with Crippen LogP contribution in [-0.2, 0) is 11.2 Å². The van der Waals surface area contributed by atoms with Gasteiger partial charge in [0.15, 0.2) is 0 Å². The molecule has 1 aromatic heterocycles. The van der Waals surface area contributed by atoms with Crippen LogP contribution in [-0.4, -0.2) is 41.7 Å². The summed E-state index contributed by atoms with van der Waals surface area (Å²) in [6, 6.07) is 7.17. The molecule has 1 aliphatic rings. The van der Waals surface area contributed by atoms with Gasteiger partial charge in [-0.25, -0.2) is 9.18 Å². The molecule has 29 heavy (non-hydrogen) atoms. The zero-order valence-electron chi connectivity index (χ0n) is 15.5. The fourth-order valence-corrected chi connectivity index (χ4v) is 2.91. The van der Waals surface area contributed by atoms with Gasteiger partial charge in [-0.05, 0) is 31.2 Å². The molecule has 11 heteroatoms. The van der Waals surface area contributed by atoms with Crippen molar-refractivity contribution in [2.45, 2.75) is 19.4 Å². The van der Waals surface area contributed by atoms with Crippen LogP contribution in [0.3, 0.4) is 0 Å². The first kappa shape index (κ1) is 20.5. The fourth-order valence-electron chi connectivity index (χ4n) is 2.83. The highest BCUT2D eigenvalue weighted by Gasteiger charge is 2.32. The van der Waals surface area contributed by atoms with Gasteiger partial charge in [0.25, 0.3) is 0 Å². The second-order valence-corrected chi connectivity index (χ2v) is 7.00. The number of nitrogens with one attached hydrogen (secondary N) is 2. The van der Waals surface area contributed by atoms with Crippen LogP contribution in [0, 0.1) is 15.9 Å². The monoisotopic (exact) mass is 422 g/mol. The predicted octanol–water partition coefficient (Wildman–Crippen LogP) is 3.24. The number of rotatable bonds is 8. The predicted molar refractivity (Wildman–Crippen MR) is 108 cm³/mol. The molecule has 0 radical (unpaired) electrons. The van der Waals surface area contributed by atoms with Crippen LogP contribution in [0.5, 0.6) is 0 Å².